The molecule has 1 heterocycles. The van der Waals surface area contributed by atoms with Crippen LogP contribution >= 0.6 is 0 Å². The Bertz CT molecular complexity index is 1000. The summed E-state index contributed by atoms with van der Waals surface area (Å²) in [6.45, 7) is 2.00. The SMILES string of the molecule is CC1(Cc2ccc(S(=O)(=O)NC3CCCCC3)cc2)N=c2ccccc2=N1. The van der Waals surface area contributed by atoms with Crippen molar-refractivity contribution in [3.05, 3.63) is 64.8 Å². The molecule has 0 amide bonds. The van der Waals surface area contributed by atoms with Gasteiger partial charge in [-0.3, -0.25) is 9.98 Å². The number of para-hydroxylation sites is 2. The number of rotatable bonds is 5. The van der Waals surface area contributed by atoms with Crippen molar-refractivity contribution in [3.63, 3.8) is 0 Å². The minimum Gasteiger partial charge on any atom is -0.253 e. The van der Waals surface area contributed by atoms with Crippen molar-refractivity contribution < 1.29 is 8.42 Å². The van der Waals surface area contributed by atoms with Gasteiger partial charge in [-0.25, -0.2) is 13.1 Å². The highest BCUT2D eigenvalue weighted by Gasteiger charge is 2.26. The first-order valence-corrected chi connectivity index (χ1v) is 11.1. The highest BCUT2D eigenvalue weighted by Crippen LogP contribution is 2.23. The summed E-state index contributed by atoms with van der Waals surface area (Å²) in [6, 6.07) is 15.0. The van der Waals surface area contributed by atoms with Gasteiger partial charge in [-0.05, 0) is 49.6 Å². The van der Waals surface area contributed by atoms with E-state index in [9.17, 15) is 8.42 Å². The Labute approximate surface area is 160 Å². The van der Waals surface area contributed by atoms with E-state index in [1.54, 1.807) is 12.1 Å². The molecule has 6 heteroatoms. The van der Waals surface area contributed by atoms with Gasteiger partial charge in [0.25, 0.3) is 0 Å². The Morgan fingerprint density at radius 3 is 2.15 bits per heavy atom. The third kappa shape index (κ3) is 4.12. The van der Waals surface area contributed by atoms with Gasteiger partial charge in [-0.1, -0.05) is 43.5 Å². The number of benzene rings is 2. The van der Waals surface area contributed by atoms with Gasteiger partial charge < -0.3 is 0 Å². The van der Waals surface area contributed by atoms with Gasteiger partial charge in [-0.15, -0.1) is 0 Å². The van der Waals surface area contributed by atoms with Crippen LogP contribution in [0, 0.1) is 0 Å². The van der Waals surface area contributed by atoms with Crippen molar-refractivity contribution in [1.82, 2.24) is 4.72 Å². The van der Waals surface area contributed by atoms with E-state index in [0.29, 0.717) is 11.3 Å². The van der Waals surface area contributed by atoms with Crippen LogP contribution in [0.4, 0.5) is 0 Å². The fourth-order valence-corrected chi connectivity index (χ4v) is 5.26. The molecule has 4 rings (SSSR count). The van der Waals surface area contributed by atoms with Crippen LogP contribution in [0.2, 0.25) is 0 Å². The van der Waals surface area contributed by atoms with Gasteiger partial charge in [0.05, 0.1) is 15.6 Å². The van der Waals surface area contributed by atoms with Crippen molar-refractivity contribution in [3.8, 4) is 0 Å². The van der Waals surface area contributed by atoms with E-state index in [1.807, 2.05) is 43.3 Å². The van der Waals surface area contributed by atoms with E-state index in [4.69, 9.17) is 9.98 Å². The maximum atomic E-state index is 12.6. The molecular formula is C21H25N3O2S. The quantitative estimate of drug-likeness (QED) is 0.862. The lowest BCUT2D eigenvalue weighted by Crippen LogP contribution is -2.36. The third-order valence-electron chi connectivity index (χ3n) is 5.30. The fraction of sp³-hybridized carbons (Fsp3) is 0.429. The third-order valence-corrected chi connectivity index (χ3v) is 6.84. The molecule has 1 fully saturated rings. The fourth-order valence-electron chi connectivity index (χ4n) is 3.96. The first-order chi connectivity index (χ1) is 12.9. The van der Waals surface area contributed by atoms with E-state index < -0.39 is 15.7 Å². The zero-order chi connectivity index (χ0) is 18.9. The summed E-state index contributed by atoms with van der Waals surface area (Å²) in [7, 11) is -3.46. The molecule has 0 bridgehead atoms. The molecule has 2 aromatic rings. The second kappa shape index (κ2) is 7.17. The molecule has 1 aliphatic carbocycles. The Kier molecular flexibility index (Phi) is 4.86. The number of sulfonamides is 1. The highest BCUT2D eigenvalue weighted by atomic mass is 32.2. The Balaban J connectivity index is 1.48. The van der Waals surface area contributed by atoms with Crippen LogP contribution in [0.5, 0.6) is 0 Å². The predicted octanol–water partition coefficient (Wildman–Crippen LogP) is 2.51. The number of hydrogen-bond acceptors (Lipinski definition) is 4. The zero-order valence-electron chi connectivity index (χ0n) is 15.6. The van der Waals surface area contributed by atoms with E-state index in [2.05, 4.69) is 4.72 Å². The predicted molar refractivity (Wildman–Crippen MR) is 104 cm³/mol. The monoisotopic (exact) mass is 383 g/mol. The molecule has 2 aromatic carbocycles. The maximum absolute atomic E-state index is 12.6. The lowest BCUT2D eigenvalue weighted by molar-refractivity contribution is 0.412. The summed E-state index contributed by atoms with van der Waals surface area (Å²) < 4.78 is 28.1. The molecule has 0 atom stereocenters. The van der Waals surface area contributed by atoms with Crippen LogP contribution in [0.15, 0.2) is 63.4 Å². The summed E-state index contributed by atoms with van der Waals surface area (Å²) in [6.07, 6.45) is 5.89. The molecule has 1 aliphatic heterocycles. The molecule has 142 valence electrons. The molecule has 0 spiro atoms. The van der Waals surface area contributed by atoms with Gasteiger partial charge in [0, 0.05) is 12.5 Å². The molecule has 1 saturated carbocycles. The molecule has 1 N–H and O–H groups in total. The van der Waals surface area contributed by atoms with Gasteiger partial charge in [-0.2, -0.15) is 0 Å². The van der Waals surface area contributed by atoms with Crippen molar-refractivity contribution in [2.24, 2.45) is 9.98 Å². The molecular weight excluding hydrogens is 358 g/mol. The van der Waals surface area contributed by atoms with E-state index in [-0.39, 0.29) is 6.04 Å². The molecule has 0 aromatic heterocycles. The van der Waals surface area contributed by atoms with Gasteiger partial charge in [0.15, 0.2) is 5.66 Å². The van der Waals surface area contributed by atoms with Crippen molar-refractivity contribution in [1.29, 1.82) is 0 Å². The molecule has 0 radical (unpaired) electrons. The van der Waals surface area contributed by atoms with Crippen molar-refractivity contribution in [2.75, 3.05) is 0 Å². The Hall–Kier alpha value is -2.05. The van der Waals surface area contributed by atoms with Gasteiger partial charge in [0.2, 0.25) is 10.0 Å². The maximum Gasteiger partial charge on any atom is 0.240 e. The van der Waals surface area contributed by atoms with Crippen molar-refractivity contribution in [2.45, 2.75) is 62.0 Å². The number of nitrogens with zero attached hydrogens (tertiary/aromatic N) is 2. The Morgan fingerprint density at radius 1 is 0.963 bits per heavy atom. The normalized spacial score (nSPS) is 19.1. The largest absolute Gasteiger partial charge is 0.253 e. The lowest BCUT2D eigenvalue weighted by atomic mass is 9.96. The first kappa shape index (κ1) is 18.3. The zero-order valence-corrected chi connectivity index (χ0v) is 16.4. The van der Waals surface area contributed by atoms with Crippen LogP contribution in [-0.2, 0) is 16.4 Å². The summed E-state index contributed by atoms with van der Waals surface area (Å²) in [5, 5.41) is 1.83. The van der Waals surface area contributed by atoms with Crippen LogP contribution in [-0.4, -0.2) is 20.1 Å². The minimum absolute atomic E-state index is 0.0666. The summed E-state index contributed by atoms with van der Waals surface area (Å²) in [4.78, 5) is 9.78. The topological polar surface area (TPSA) is 70.9 Å². The molecule has 27 heavy (non-hydrogen) atoms. The second-order valence-corrected chi connectivity index (χ2v) is 9.42. The average molecular weight is 384 g/mol. The number of fused-ring (bicyclic) bond motifs is 1. The van der Waals surface area contributed by atoms with Crippen LogP contribution < -0.4 is 15.4 Å². The first-order valence-electron chi connectivity index (χ1n) is 9.60. The standard InChI is InChI=1S/C21H25N3O2S/c1-21(22-19-9-5-6-10-20(19)23-21)15-16-11-13-18(14-12-16)27(25,26)24-17-7-3-2-4-8-17/h5-6,9-14,17,24H,2-4,7-8,15H2,1H3. The average Bonchev–Trinajstić information content (AvgIpc) is 2.98. The van der Waals surface area contributed by atoms with E-state index in [1.165, 1.54) is 6.42 Å². The molecule has 0 unspecified atom stereocenters. The number of hydrogen-bond donors (Lipinski definition) is 1. The Morgan fingerprint density at radius 2 is 1.56 bits per heavy atom. The van der Waals surface area contributed by atoms with Crippen LogP contribution in [0.1, 0.15) is 44.6 Å². The summed E-state index contributed by atoms with van der Waals surface area (Å²) >= 11 is 0. The van der Waals surface area contributed by atoms with Gasteiger partial charge >= 0.3 is 0 Å². The summed E-state index contributed by atoms with van der Waals surface area (Å²) in [5.41, 5.74) is 0.485. The molecule has 0 saturated heterocycles. The van der Waals surface area contributed by atoms with Crippen LogP contribution in [0.25, 0.3) is 0 Å². The lowest BCUT2D eigenvalue weighted by Gasteiger charge is -2.22. The second-order valence-electron chi connectivity index (χ2n) is 7.71. The van der Waals surface area contributed by atoms with E-state index >= 15 is 0 Å². The van der Waals surface area contributed by atoms with Crippen LogP contribution in [0.3, 0.4) is 0 Å². The molecule has 5 nitrogen and oxygen atoms in total. The molecule has 2 aliphatic rings. The smallest absolute Gasteiger partial charge is 0.240 e. The van der Waals surface area contributed by atoms with Crippen molar-refractivity contribution >= 4 is 10.0 Å². The summed E-state index contributed by atoms with van der Waals surface area (Å²) in [5.74, 6) is 0. The number of nitrogens with one attached hydrogen (secondary N) is 1. The van der Waals surface area contributed by atoms with Gasteiger partial charge in [0.1, 0.15) is 0 Å². The highest BCUT2D eigenvalue weighted by molar-refractivity contribution is 7.89. The minimum atomic E-state index is -3.46. The van der Waals surface area contributed by atoms with E-state index in [0.717, 1.165) is 42.0 Å².